The van der Waals surface area contributed by atoms with Crippen LogP contribution in [0.15, 0.2) is 35.5 Å². The average Bonchev–Trinajstić information content (AvgIpc) is 2.96. The van der Waals surface area contributed by atoms with Gasteiger partial charge in [-0.1, -0.05) is 6.92 Å². The lowest BCUT2D eigenvalue weighted by molar-refractivity contribution is -0.140. The van der Waals surface area contributed by atoms with Gasteiger partial charge < -0.3 is 0 Å². The molecular formula is C16H10ClF6N3O2S. The molecule has 13 heteroatoms. The van der Waals surface area contributed by atoms with Gasteiger partial charge in [0.05, 0.1) is 33.6 Å². The van der Waals surface area contributed by atoms with E-state index in [1.54, 1.807) is 0 Å². The van der Waals surface area contributed by atoms with E-state index in [1.807, 2.05) is 0 Å². The molecule has 0 saturated carbocycles. The highest BCUT2D eigenvalue weighted by molar-refractivity contribution is 7.91. The first kappa shape index (κ1) is 21.4. The van der Waals surface area contributed by atoms with E-state index in [1.165, 1.54) is 0 Å². The van der Waals surface area contributed by atoms with Crippen molar-refractivity contribution in [1.82, 2.24) is 14.1 Å². The van der Waals surface area contributed by atoms with Crippen molar-refractivity contribution in [2.45, 2.75) is 24.2 Å². The molecule has 0 aliphatic carbocycles. The summed E-state index contributed by atoms with van der Waals surface area (Å²) in [6, 6.07) is 2.23. The van der Waals surface area contributed by atoms with Crippen molar-refractivity contribution in [3.8, 4) is 11.4 Å². The zero-order valence-corrected chi connectivity index (χ0v) is 15.9. The van der Waals surface area contributed by atoms with E-state index in [2.05, 4.69) is 9.97 Å². The minimum atomic E-state index is -5.01. The lowest BCUT2D eigenvalue weighted by Crippen LogP contribution is -2.17. The van der Waals surface area contributed by atoms with Crippen LogP contribution < -0.4 is 0 Å². The van der Waals surface area contributed by atoms with Crippen molar-refractivity contribution in [1.29, 1.82) is 0 Å². The molecule has 0 radical (unpaired) electrons. The van der Waals surface area contributed by atoms with Crippen molar-refractivity contribution in [2.75, 3.05) is 5.75 Å². The van der Waals surface area contributed by atoms with Crippen LogP contribution in [0.2, 0.25) is 0 Å². The summed E-state index contributed by atoms with van der Waals surface area (Å²) in [7, 11) is -4.43. The largest absolute Gasteiger partial charge is 0.417 e. The standard InChI is InChI=1S/C16H10ClF6N3O2S/c1-2-29(27,28)14-9(16(21,22)23)3-4-24-13(14)12-6-10-11(26(12)17)5-8(7-25-10)15(18,19)20/h3-7H,2H2,1H3. The SMILES string of the molecule is CCS(=O)(=O)c1c(C(F)(F)F)ccnc1-c1cc2ncc(C(F)(F)F)cc2n1Cl. The van der Waals surface area contributed by atoms with Gasteiger partial charge in [-0.2, -0.15) is 26.3 Å². The van der Waals surface area contributed by atoms with Gasteiger partial charge in [0, 0.05) is 24.2 Å². The predicted molar refractivity (Wildman–Crippen MR) is 91.9 cm³/mol. The number of alkyl halides is 6. The molecule has 156 valence electrons. The summed E-state index contributed by atoms with van der Waals surface area (Å²) in [5.74, 6) is -0.659. The molecule has 0 spiro atoms. The van der Waals surface area contributed by atoms with Gasteiger partial charge in [0.25, 0.3) is 0 Å². The van der Waals surface area contributed by atoms with Gasteiger partial charge in [0.15, 0.2) is 9.84 Å². The van der Waals surface area contributed by atoms with Crippen LogP contribution in [0.25, 0.3) is 22.4 Å². The van der Waals surface area contributed by atoms with Crippen molar-refractivity contribution < 1.29 is 34.8 Å². The fraction of sp³-hybridized carbons (Fsp3) is 0.250. The number of nitrogens with zero attached hydrogens (tertiary/aromatic N) is 3. The van der Waals surface area contributed by atoms with E-state index in [0.717, 1.165) is 19.2 Å². The Kier molecular flexibility index (Phi) is 5.06. The Morgan fingerprint density at radius 1 is 1.07 bits per heavy atom. The second-order valence-corrected chi connectivity index (χ2v) is 8.43. The molecule has 0 fully saturated rings. The van der Waals surface area contributed by atoms with Gasteiger partial charge in [0.1, 0.15) is 10.6 Å². The molecule has 0 bridgehead atoms. The van der Waals surface area contributed by atoms with Crippen molar-refractivity contribution in [2.24, 2.45) is 0 Å². The molecule has 0 aliphatic rings. The summed E-state index contributed by atoms with van der Waals surface area (Å²) < 4.78 is 104. The molecule has 3 heterocycles. The Bertz CT molecular complexity index is 1200. The number of sulfone groups is 1. The molecule has 0 amide bonds. The molecule has 29 heavy (non-hydrogen) atoms. The van der Waals surface area contributed by atoms with E-state index >= 15 is 0 Å². The highest BCUT2D eigenvalue weighted by Crippen LogP contribution is 2.40. The summed E-state index contributed by atoms with van der Waals surface area (Å²) in [6.45, 7) is 1.15. The third-order valence-electron chi connectivity index (χ3n) is 4.06. The number of fused-ring (bicyclic) bond motifs is 1. The second-order valence-electron chi connectivity index (χ2n) is 5.87. The zero-order valence-electron chi connectivity index (χ0n) is 14.3. The molecule has 0 aliphatic heterocycles. The minimum absolute atomic E-state index is 0.0814. The maximum Gasteiger partial charge on any atom is 0.417 e. The number of pyridine rings is 2. The Balaban J connectivity index is 2.37. The molecule has 0 unspecified atom stereocenters. The van der Waals surface area contributed by atoms with Crippen molar-refractivity contribution in [3.05, 3.63) is 41.7 Å². The molecule has 0 saturated heterocycles. The summed E-state index contributed by atoms with van der Waals surface area (Å²) in [6.07, 6.45) is -8.46. The molecule has 3 aromatic heterocycles. The highest BCUT2D eigenvalue weighted by Gasteiger charge is 2.39. The van der Waals surface area contributed by atoms with Crippen LogP contribution in [0.3, 0.4) is 0 Å². The average molecular weight is 458 g/mol. The van der Waals surface area contributed by atoms with Crippen LogP contribution in [0, 0.1) is 0 Å². The molecule has 0 aromatic carbocycles. The second kappa shape index (κ2) is 6.87. The van der Waals surface area contributed by atoms with Gasteiger partial charge in [-0.3, -0.25) is 9.97 Å². The Morgan fingerprint density at radius 3 is 2.28 bits per heavy atom. The maximum atomic E-state index is 13.4. The van der Waals surface area contributed by atoms with Crippen LogP contribution >= 0.6 is 11.8 Å². The summed E-state index contributed by atoms with van der Waals surface area (Å²) in [4.78, 5) is 6.24. The third-order valence-corrected chi connectivity index (χ3v) is 6.22. The first-order valence-electron chi connectivity index (χ1n) is 7.81. The van der Waals surface area contributed by atoms with Gasteiger partial charge in [-0.05, 0) is 18.2 Å². The Morgan fingerprint density at radius 2 is 1.72 bits per heavy atom. The molecule has 3 aromatic rings. The van der Waals surface area contributed by atoms with Crippen molar-refractivity contribution in [3.63, 3.8) is 0 Å². The van der Waals surface area contributed by atoms with E-state index < -0.39 is 49.7 Å². The fourth-order valence-corrected chi connectivity index (χ4v) is 4.20. The first-order valence-corrected chi connectivity index (χ1v) is 9.80. The molecule has 0 N–H and O–H groups in total. The zero-order chi connectivity index (χ0) is 21.8. The Labute approximate surface area is 165 Å². The maximum absolute atomic E-state index is 13.4. The number of hydrogen-bond donors (Lipinski definition) is 0. The van der Waals surface area contributed by atoms with Gasteiger partial charge in [0.2, 0.25) is 0 Å². The van der Waals surface area contributed by atoms with Crippen molar-refractivity contribution >= 4 is 32.6 Å². The van der Waals surface area contributed by atoms with Crippen LogP contribution in [-0.2, 0) is 22.2 Å². The normalized spacial score (nSPS) is 13.2. The minimum Gasteiger partial charge on any atom is -0.254 e. The summed E-state index contributed by atoms with van der Waals surface area (Å²) in [5.41, 5.74) is -3.90. The van der Waals surface area contributed by atoms with Crippen LogP contribution in [0.1, 0.15) is 18.1 Å². The molecule has 3 rings (SSSR count). The van der Waals surface area contributed by atoms with Crippen LogP contribution in [0.5, 0.6) is 0 Å². The van der Waals surface area contributed by atoms with E-state index in [0.29, 0.717) is 22.4 Å². The van der Waals surface area contributed by atoms with E-state index in [4.69, 9.17) is 11.8 Å². The fourth-order valence-electron chi connectivity index (χ4n) is 2.68. The first-order chi connectivity index (χ1) is 13.3. The Hall–Kier alpha value is -2.34. The number of halogens is 7. The lowest BCUT2D eigenvalue weighted by Gasteiger charge is -2.15. The smallest absolute Gasteiger partial charge is 0.254 e. The third kappa shape index (κ3) is 3.78. The number of hydrogen-bond acceptors (Lipinski definition) is 4. The summed E-state index contributed by atoms with van der Waals surface area (Å²) >= 11 is 6.04. The van der Waals surface area contributed by atoms with E-state index in [-0.39, 0.29) is 16.7 Å². The van der Waals surface area contributed by atoms with Gasteiger partial charge in [-0.15, -0.1) is 0 Å². The van der Waals surface area contributed by atoms with Crippen LogP contribution in [-0.4, -0.2) is 28.2 Å². The van der Waals surface area contributed by atoms with Gasteiger partial charge >= 0.3 is 12.4 Å². The molecule has 5 nitrogen and oxygen atoms in total. The highest BCUT2D eigenvalue weighted by atomic mass is 35.5. The topological polar surface area (TPSA) is 64.8 Å². The van der Waals surface area contributed by atoms with E-state index in [9.17, 15) is 34.8 Å². The van der Waals surface area contributed by atoms with Gasteiger partial charge in [-0.25, -0.2) is 12.5 Å². The quantitative estimate of drug-likeness (QED) is 0.523. The molecular weight excluding hydrogens is 448 g/mol. The predicted octanol–water partition coefficient (Wildman–Crippen LogP) is 4.93. The summed E-state index contributed by atoms with van der Waals surface area (Å²) in [5, 5.41) is 0. The number of aromatic nitrogens is 3. The lowest BCUT2D eigenvalue weighted by atomic mass is 10.2. The number of rotatable bonds is 3. The monoisotopic (exact) mass is 457 g/mol. The molecule has 0 atom stereocenters. The van der Waals surface area contributed by atoms with Crippen LogP contribution in [0.4, 0.5) is 26.3 Å².